The molecule has 2 unspecified atom stereocenters. The predicted molar refractivity (Wildman–Crippen MR) is 105 cm³/mol. The minimum absolute atomic E-state index is 0.112. The van der Waals surface area contributed by atoms with Crippen LogP contribution >= 0.6 is 11.6 Å². The molecular weight excluding hydrogens is 360 g/mol. The number of aromatic nitrogens is 3. The maximum absolute atomic E-state index is 8.93. The second-order valence-corrected chi connectivity index (χ2v) is 7.17. The van der Waals surface area contributed by atoms with Gasteiger partial charge in [0, 0.05) is 40.3 Å². The lowest BCUT2D eigenvalue weighted by atomic mass is 10.1. The van der Waals surface area contributed by atoms with E-state index in [1.807, 2.05) is 12.1 Å². The molecule has 27 heavy (non-hydrogen) atoms. The van der Waals surface area contributed by atoms with Crippen molar-refractivity contribution < 1.29 is 0 Å². The van der Waals surface area contributed by atoms with Crippen LogP contribution in [0.25, 0.3) is 22.2 Å². The quantitative estimate of drug-likeness (QED) is 0.609. The lowest BCUT2D eigenvalue weighted by Gasteiger charge is -2.06. The Labute approximate surface area is 162 Å². The Hall–Kier alpha value is -2.88. The van der Waals surface area contributed by atoms with E-state index < -0.39 is 0 Å². The molecule has 1 aliphatic carbocycles. The molecule has 3 aromatic rings. The molecule has 136 valence electrons. The number of hydrogen-bond acceptors (Lipinski definition) is 5. The van der Waals surface area contributed by atoms with E-state index >= 15 is 0 Å². The molecule has 0 spiro atoms. The van der Waals surface area contributed by atoms with E-state index in [-0.39, 0.29) is 11.8 Å². The molecule has 0 saturated heterocycles. The number of nitriles is 1. The van der Waals surface area contributed by atoms with Gasteiger partial charge in [-0.2, -0.15) is 5.26 Å². The number of allylic oxidation sites excluding steroid dienone is 1. The van der Waals surface area contributed by atoms with Gasteiger partial charge >= 0.3 is 0 Å². The van der Waals surface area contributed by atoms with Crippen LogP contribution in [0.5, 0.6) is 0 Å². The summed E-state index contributed by atoms with van der Waals surface area (Å²) < 4.78 is 0. The number of aromatic amines is 1. The highest BCUT2D eigenvalue weighted by Crippen LogP contribution is 2.41. The fourth-order valence-electron chi connectivity index (χ4n) is 3.17. The van der Waals surface area contributed by atoms with Crippen LogP contribution < -0.4 is 11.1 Å². The fourth-order valence-corrected chi connectivity index (χ4v) is 3.44. The van der Waals surface area contributed by atoms with E-state index in [1.54, 1.807) is 12.4 Å². The van der Waals surface area contributed by atoms with Gasteiger partial charge in [-0.05, 0) is 24.6 Å². The highest BCUT2D eigenvalue weighted by molar-refractivity contribution is 6.34. The van der Waals surface area contributed by atoms with Crippen LogP contribution in [0.15, 0.2) is 42.9 Å². The summed E-state index contributed by atoms with van der Waals surface area (Å²) >= 11 is 6.46. The Morgan fingerprint density at radius 1 is 1.37 bits per heavy atom. The van der Waals surface area contributed by atoms with E-state index in [0.29, 0.717) is 23.8 Å². The molecule has 2 atom stereocenters. The Morgan fingerprint density at radius 3 is 2.89 bits per heavy atom. The van der Waals surface area contributed by atoms with Gasteiger partial charge in [0.2, 0.25) is 0 Å². The molecule has 0 radical (unpaired) electrons. The van der Waals surface area contributed by atoms with Crippen LogP contribution in [-0.4, -0.2) is 15.0 Å². The third kappa shape index (κ3) is 3.52. The monoisotopic (exact) mass is 378 g/mol. The zero-order chi connectivity index (χ0) is 19.0. The highest BCUT2D eigenvalue weighted by atomic mass is 35.5. The summed E-state index contributed by atoms with van der Waals surface area (Å²) in [6.07, 6.45) is 4.25. The summed E-state index contributed by atoms with van der Waals surface area (Å²) in [6.45, 7) is 5.03. The van der Waals surface area contributed by atoms with Crippen molar-refractivity contribution in [3.8, 4) is 17.3 Å². The average Bonchev–Trinajstić information content (AvgIpc) is 3.38. The van der Waals surface area contributed by atoms with E-state index in [0.717, 1.165) is 40.0 Å². The summed E-state index contributed by atoms with van der Waals surface area (Å²) in [6, 6.07) is 8.25. The number of rotatable bonds is 6. The Balaban J connectivity index is 1.54. The van der Waals surface area contributed by atoms with Gasteiger partial charge < -0.3 is 16.0 Å². The summed E-state index contributed by atoms with van der Waals surface area (Å²) in [5, 5.41) is 13.9. The molecule has 2 aromatic heterocycles. The maximum atomic E-state index is 8.93. The minimum atomic E-state index is 0.112. The molecule has 1 aliphatic rings. The van der Waals surface area contributed by atoms with Crippen molar-refractivity contribution in [3.63, 3.8) is 0 Å². The normalized spacial score (nSPS) is 18.3. The smallest absolute Gasteiger partial charge is 0.0901 e. The van der Waals surface area contributed by atoms with Crippen LogP contribution in [0, 0.1) is 23.2 Å². The van der Waals surface area contributed by atoms with Gasteiger partial charge in [-0.25, -0.2) is 0 Å². The van der Waals surface area contributed by atoms with Crippen molar-refractivity contribution in [3.05, 3.63) is 59.3 Å². The molecule has 6 nitrogen and oxygen atoms in total. The standard InChI is InChI=1S/C20H19ClN6/c1-11(16-3-13(16)6-22)24-8-14-2-12-4-18(21)17(5-19(12)27-14)20-10-25-15(7-23)9-26-20/h2,4-5,9-10,13,16,24,27H,1,3,7-8,23H2. The van der Waals surface area contributed by atoms with Crippen LogP contribution in [0.1, 0.15) is 17.8 Å². The van der Waals surface area contributed by atoms with Crippen LogP contribution in [0.4, 0.5) is 0 Å². The lowest BCUT2D eigenvalue weighted by molar-refractivity contribution is 0.723. The number of halogens is 1. The molecule has 1 saturated carbocycles. The van der Waals surface area contributed by atoms with Gasteiger partial charge in [-0.3, -0.25) is 9.97 Å². The number of fused-ring (bicyclic) bond motifs is 1. The molecule has 0 amide bonds. The molecule has 0 aliphatic heterocycles. The second kappa shape index (κ2) is 7.03. The summed E-state index contributed by atoms with van der Waals surface area (Å²) in [4.78, 5) is 12.1. The van der Waals surface area contributed by atoms with Crippen molar-refractivity contribution in [1.82, 2.24) is 20.3 Å². The first-order valence-corrected chi connectivity index (χ1v) is 9.11. The molecule has 4 rings (SSSR count). The molecular formula is C20H19ClN6. The zero-order valence-electron chi connectivity index (χ0n) is 14.7. The maximum Gasteiger partial charge on any atom is 0.0901 e. The fraction of sp³-hybridized carbons (Fsp3) is 0.250. The second-order valence-electron chi connectivity index (χ2n) is 6.77. The van der Waals surface area contributed by atoms with Crippen molar-refractivity contribution in [2.75, 3.05) is 0 Å². The van der Waals surface area contributed by atoms with E-state index in [2.05, 4.69) is 39.0 Å². The van der Waals surface area contributed by atoms with Gasteiger partial charge in [0.15, 0.2) is 0 Å². The summed E-state index contributed by atoms with van der Waals surface area (Å²) in [5.41, 5.74) is 10.8. The van der Waals surface area contributed by atoms with Gasteiger partial charge in [0.05, 0.1) is 47.3 Å². The van der Waals surface area contributed by atoms with Gasteiger partial charge in [-0.1, -0.05) is 18.2 Å². The number of hydrogen-bond donors (Lipinski definition) is 3. The van der Waals surface area contributed by atoms with E-state index in [9.17, 15) is 0 Å². The van der Waals surface area contributed by atoms with Crippen molar-refractivity contribution in [2.45, 2.75) is 19.5 Å². The van der Waals surface area contributed by atoms with Crippen molar-refractivity contribution in [1.29, 1.82) is 5.26 Å². The van der Waals surface area contributed by atoms with Crippen LogP contribution in [0.2, 0.25) is 5.02 Å². The molecule has 1 fully saturated rings. The Morgan fingerprint density at radius 2 is 2.22 bits per heavy atom. The first-order chi connectivity index (χ1) is 13.1. The summed E-state index contributed by atoms with van der Waals surface area (Å²) in [5.74, 6) is 0.385. The van der Waals surface area contributed by atoms with E-state index in [1.165, 1.54) is 0 Å². The third-order valence-corrected chi connectivity index (χ3v) is 5.18. The first kappa shape index (κ1) is 17.5. The number of nitrogens with two attached hydrogens (primary N) is 1. The lowest BCUT2D eigenvalue weighted by Crippen LogP contribution is -2.14. The molecule has 1 aromatic carbocycles. The Kier molecular flexibility index (Phi) is 4.56. The molecule has 7 heteroatoms. The third-order valence-electron chi connectivity index (χ3n) is 4.86. The Bertz CT molecular complexity index is 1050. The highest BCUT2D eigenvalue weighted by Gasteiger charge is 2.39. The minimum Gasteiger partial charge on any atom is -0.383 e. The molecule has 2 heterocycles. The number of nitrogens with one attached hydrogen (secondary N) is 2. The predicted octanol–water partition coefficient (Wildman–Crippen LogP) is 3.50. The van der Waals surface area contributed by atoms with Crippen LogP contribution in [0.3, 0.4) is 0 Å². The van der Waals surface area contributed by atoms with Crippen LogP contribution in [-0.2, 0) is 13.1 Å². The van der Waals surface area contributed by atoms with Gasteiger partial charge in [0.25, 0.3) is 0 Å². The van der Waals surface area contributed by atoms with Gasteiger partial charge in [-0.15, -0.1) is 0 Å². The number of H-pyrrole nitrogens is 1. The molecule has 0 bridgehead atoms. The SMILES string of the molecule is C=C(NCc1cc2cc(Cl)c(-c3cnc(CN)cn3)cc2[nH]1)C1CC1C#N. The van der Waals surface area contributed by atoms with Crippen molar-refractivity contribution >= 4 is 22.5 Å². The number of benzene rings is 1. The van der Waals surface area contributed by atoms with Crippen molar-refractivity contribution in [2.24, 2.45) is 17.6 Å². The average molecular weight is 379 g/mol. The number of nitrogens with zero attached hydrogens (tertiary/aromatic N) is 3. The first-order valence-electron chi connectivity index (χ1n) is 8.74. The topological polar surface area (TPSA) is 103 Å². The zero-order valence-corrected chi connectivity index (χ0v) is 15.4. The van der Waals surface area contributed by atoms with Gasteiger partial charge in [0.1, 0.15) is 0 Å². The largest absolute Gasteiger partial charge is 0.383 e. The summed E-state index contributed by atoms with van der Waals surface area (Å²) in [7, 11) is 0. The van der Waals surface area contributed by atoms with E-state index in [4.69, 9.17) is 22.6 Å². The molecule has 4 N–H and O–H groups in total.